The lowest BCUT2D eigenvalue weighted by Crippen LogP contribution is -2.51. The van der Waals surface area contributed by atoms with Crippen molar-refractivity contribution in [2.24, 2.45) is 46.3 Å². The number of allylic oxidation sites excluding steroid dienone is 1. The molecule has 1 aromatic carbocycles. The first kappa shape index (κ1) is 32.6. The maximum Gasteiger partial charge on any atom is 0.331 e. The van der Waals surface area contributed by atoms with Gasteiger partial charge in [-0.1, -0.05) is 71.6 Å². The van der Waals surface area contributed by atoms with Crippen LogP contribution in [0.3, 0.4) is 0 Å². The molecule has 8 unspecified atom stereocenters. The predicted octanol–water partition coefficient (Wildman–Crippen LogP) is 8.40. The molecule has 3 fully saturated rings. The largest absolute Gasteiger partial charge is 0.459 e. The fourth-order valence-corrected chi connectivity index (χ4v) is 10.0. The summed E-state index contributed by atoms with van der Waals surface area (Å²) in [4.78, 5) is 24.8. The summed E-state index contributed by atoms with van der Waals surface area (Å²) in [6.07, 6.45) is 18.2. The molecule has 6 heteroatoms. The summed E-state index contributed by atoms with van der Waals surface area (Å²) >= 11 is 0. The van der Waals surface area contributed by atoms with Gasteiger partial charge in [0.25, 0.3) is 0 Å². The first-order valence-electron chi connectivity index (χ1n) is 17.3. The molecule has 0 aromatic heterocycles. The standard InChI is InChI=1S/C38H56N2O4/c1-24(2)7-6-8-25(3)31-13-14-32-30-12-10-27-21-29(17-19-37(27,4)33(30)18-20-38(31,32)5)44-36(42)16-15-35(41)43-23-26-9-11-28(39)22-34(26)40/h9-11,15-16,22,24-25,29-33H,6-8,12-14,17-21,23,39-40H2,1-5H3/b16-15+. The van der Waals surface area contributed by atoms with Gasteiger partial charge in [-0.05, 0) is 103 Å². The van der Waals surface area contributed by atoms with Gasteiger partial charge < -0.3 is 20.9 Å². The van der Waals surface area contributed by atoms with Crippen molar-refractivity contribution in [2.45, 2.75) is 118 Å². The number of esters is 2. The van der Waals surface area contributed by atoms with Crippen molar-refractivity contribution in [1.82, 2.24) is 0 Å². The Bertz CT molecular complexity index is 1270. The third-order valence-corrected chi connectivity index (χ3v) is 12.4. The first-order valence-corrected chi connectivity index (χ1v) is 17.3. The maximum absolute atomic E-state index is 12.6. The third-order valence-electron chi connectivity index (χ3n) is 12.4. The van der Waals surface area contributed by atoms with Crippen LogP contribution in [-0.4, -0.2) is 18.0 Å². The van der Waals surface area contributed by atoms with Crippen LogP contribution in [0.1, 0.15) is 111 Å². The van der Waals surface area contributed by atoms with Crippen molar-refractivity contribution in [3.05, 3.63) is 47.6 Å². The lowest BCUT2D eigenvalue weighted by atomic mass is 9.47. The van der Waals surface area contributed by atoms with Gasteiger partial charge in [-0.15, -0.1) is 0 Å². The second-order valence-corrected chi connectivity index (χ2v) is 15.5. The minimum Gasteiger partial charge on any atom is -0.459 e. The van der Waals surface area contributed by atoms with E-state index in [0.717, 1.165) is 60.8 Å². The number of nitrogen functional groups attached to an aromatic ring is 2. The Labute approximate surface area is 265 Å². The lowest BCUT2D eigenvalue weighted by Gasteiger charge is -2.58. The summed E-state index contributed by atoms with van der Waals surface area (Å²) in [7, 11) is 0. The van der Waals surface area contributed by atoms with Gasteiger partial charge in [0, 0.05) is 35.5 Å². The highest BCUT2D eigenvalue weighted by atomic mass is 16.5. The molecule has 4 N–H and O–H groups in total. The van der Waals surface area contributed by atoms with Crippen LogP contribution in [0.25, 0.3) is 0 Å². The normalized spacial score (nSPS) is 33.7. The maximum atomic E-state index is 12.6. The molecule has 44 heavy (non-hydrogen) atoms. The number of carbonyl (C=O) groups excluding carboxylic acids is 2. The topological polar surface area (TPSA) is 105 Å². The zero-order valence-electron chi connectivity index (χ0n) is 27.8. The van der Waals surface area contributed by atoms with Gasteiger partial charge in [0.2, 0.25) is 0 Å². The predicted molar refractivity (Wildman–Crippen MR) is 177 cm³/mol. The Hall–Kier alpha value is -2.76. The molecule has 0 spiro atoms. The van der Waals surface area contributed by atoms with Gasteiger partial charge in [-0.2, -0.15) is 0 Å². The molecule has 0 radical (unpaired) electrons. The molecule has 3 saturated carbocycles. The molecule has 0 bridgehead atoms. The zero-order chi connectivity index (χ0) is 31.6. The average Bonchev–Trinajstić information content (AvgIpc) is 3.33. The van der Waals surface area contributed by atoms with Gasteiger partial charge in [0.15, 0.2) is 0 Å². The van der Waals surface area contributed by atoms with Crippen molar-refractivity contribution in [3.63, 3.8) is 0 Å². The second-order valence-electron chi connectivity index (χ2n) is 15.5. The van der Waals surface area contributed by atoms with E-state index in [4.69, 9.17) is 20.9 Å². The monoisotopic (exact) mass is 604 g/mol. The van der Waals surface area contributed by atoms with Crippen LogP contribution in [0, 0.1) is 46.3 Å². The smallest absolute Gasteiger partial charge is 0.331 e. The van der Waals surface area contributed by atoms with E-state index in [9.17, 15) is 9.59 Å². The molecule has 4 aliphatic rings. The summed E-state index contributed by atoms with van der Waals surface area (Å²) in [6.45, 7) is 12.4. The number of benzene rings is 1. The minimum absolute atomic E-state index is 0.0137. The van der Waals surface area contributed by atoms with E-state index in [1.165, 1.54) is 63.0 Å². The number of fused-ring (bicyclic) bond motifs is 5. The van der Waals surface area contributed by atoms with E-state index in [1.807, 2.05) is 0 Å². The number of anilines is 2. The third kappa shape index (κ3) is 6.74. The molecule has 1 aromatic rings. The molecule has 0 heterocycles. The summed E-state index contributed by atoms with van der Waals surface area (Å²) < 4.78 is 11.1. The number of hydrogen-bond acceptors (Lipinski definition) is 6. The van der Waals surface area contributed by atoms with Crippen LogP contribution in [0.5, 0.6) is 0 Å². The number of nitrogens with two attached hydrogens (primary N) is 2. The van der Waals surface area contributed by atoms with Gasteiger partial charge in [0.05, 0.1) is 0 Å². The van der Waals surface area contributed by atoms with E-state index in [0.29, 0.717) is 22.4 Å². The molecule has 6 nitrogen and oxygen atoms in total. The quantitative estimate of drug-likeness (QED) is 0.120. The number of ether oxygens (including phenoxy) is 2. The molecule has 0 saturated heterocycles. The van der Waals surface area contributed by atoms with Crippen LogP contribution in [0.2, 0.25) is 0 Å². The van der Waals surface area contributed by atoms with Crippen molar-refractivity contribution < 1.29 is 19.1 Å². The van der Waals surface area contributed by atoms with Crippen LogP contribution in [-0.2, 0) is 25.7 Å². The number of rotatable bonds is 10. The van der Waals surface area contributed by atoms with Gasteiger partial charge in [0.1, 0.15) is 12.7 Å². The van der Waals surface area contributed by atoms with E-state index < -0.39 is 11.9 Å². The number of carbonyl (C=O) groups is 2. The Balaban J connectivity index is 1.14. The van der Waals surface area contributed by atoms with E-state index in [1.54, 1.807) is 18.2 Å². The van der Waals surface area contributed by atoms with Crippen LogP contribution in [0.15, 0.2) is 42.0 Å². The molecule has 242 valence electrons. The summed E-state index contributed by atoms with van der Waals surface area (Å²) in [6, 6.07) is 5.05. The minimum atomic E-state index is -0.612. The van der Waals surface area contributed by atoms with Gasteiger partial charge >= 0.3 is 11.9 Å². The average molecular weight is 605 g/mol. The summed E-state index contributed by atoms with van der Waals surface area (Å²) in [5, 5.41) is 0. The highest BCUT2D eigenvalue weighted by Gasteiger charge is 2.59. The highest BCUT2D eigenvalue weighted by molar-refractivity contribution is 5.91. The molecule has 0 aliphatic heterocycles. The number of hydrogen-bond donors (Lipinski definition) is 2. The molecule has 4 aliphatic carbocycles. The molecular weight excluding hydrogens is 548 g/mol. The zero-order valence-corrected chi connectivity index (χ0v) is 27.8. The molecule has 5 rings (SSSR count). The van der Waals surface area contributed by atoms with Crippen molar-refractivity contribution in [3.8, 4) is 0 Å². The second kappa shape index (κ2) is 13.3. The van der Waals surface area contributed by atoms with E-state index >= 15 is 0 Å². The van der Waals surface area contributed by atoms with Gasteiger partial charge in [-0.25, -0.2) is 9.59 Å². The Morgan fingerprint density at radius 2 is 1.75 bits per heavy atom. The Morgan fingerprint density at radius 3 is 2.50 bits per heavy atom. The first-order chi connectivity index (χ1) is 20.9. The fourth-order valence-electron chi connectivity index (χ4n) is 10.0. The van der Waals surface area contributed by atoms with Crippen molar-refractivity contribution in [1.29, 1.82) is 0 Å². The van der Waals surface area contributed by atoms with Crippen LogP contribution in [0.4, 0.5) is 11.4 Å². The van der Waals surface area contributed by atoms with E-state index in [-0.39, 0.29) is 18.1 Å². The highest BCUT2D eigenvalue weighted by Crippen LogP contribution is 2.67. The van der Waals surface area contributed by atoms with Crippen molar-refractivity contribution in [2.75, 3.05) is 11.5 Å². The summed E-state index contributed by atoms with van der Waals surface area (Å²) in [5.41, 5.74) is 15.5. The Kier molecular flexibility index (Phi) is 9.87. The van der Waals surface area contributed by atoms with E-state index in [2.05, 4.69) is 40.7 Å². The lowest BCUT2D eigenvalue weighted by molar-refractivity contribution is -0.146. The SMILES string of the molecule is CC(C)CCCC(C)C1CCC2C3CC=C4CC(OC(=O)/C=C/C(=O)OCc5ccc(N)cc5N)CCC4(C)C3CCC12C. The van der Waals surface area contributed by atoms with Crippen LogP contribution < -0.4 is 11.5 Å². The van der Waals surface area contributed by atoms with Crippen LogP contribution >= 0.6 is 0 Å². The summed E-state index contributed by atoms with van der Waals surface area (Å²) in [5.74, 6) is 3.75. The molecule has 0 amide bonds. The fraction of sp³-hybridized carbons (Fsp3) is 0.684. The molecule has 8 atom stereocenters. The van der Waals surface area contributed by atoms with Crippen molar-refractivity contribution >= 4 is 23.3 Å². The Morgan fingerprint density at radius 1 is 0.977 bits per heavy atom. The molecular formula is C38H56N2O4. The van der Waals surface area contributed by atoms with Gasteiger partial charge in [-0.3, -0.25) is 0 Å².